The number of ether oxygens (including phenoxy) is 1. The lowest BCUT2D eigenvalue weighted by atomic mass is 9.73. The Balaban J connectivity index is 2.33. The van der Waals surface area contributed by atoms with Gasteiger partial charge in [0.15, 0.2) is 11.6 Å². The first kappa shape index (κ1) is 16.4. The molecule has 1 aliphatic carbocycles. The first-order valence-corrected chi connectivity index (χ1v) is 7.78. The molecule has 118 valence electrons. The third kappa shape index (κ3) is 3.43. The summed E-state index contributed by atoms with van der Waals surface area (Å²) in [7, 11) is 1.85. The Morgan fingerprint density at radius 1 is 1.29 bits per heavy atom. The quantitative estimate of drug-likeness (QED) is 0.879. The van der Waals surface area contributed by atoms with Crippen LogP contribution in [0.2, 0.25) is 0 Å². The molecule has 0 spiro atoms. The number of rotatable bonds is 5. The second-order valence-corrected chi connectivity index (χ2v) is 6.08. The zero-order valence-corrected chi connectivity index (χ0v) is 13.1. The van der Waals surface area contributed by atoms with E-state index in [0.29, 0.717) is 12.5 Å². The first-order chi connectivity index (χ1) is 10.0. The predicted molar refractivity (Wildman–Crippen MR) is 80.1 cm³/mol. The lowest BCUT2D eigenvalue weighted by Gasteiger charge is -2.45. The van der Waals surface area contributed by atoms with Crippen LogP contribution < -0.4 is 5.32 Å². The van der Waals surface area contributed by atoms with Gasteiger partial charge >= 0.3 is 0 Å². The van der Waals surface area contributed by atoms with Gasteiger partial charge in [-0.15, -0.1) is 0 Å². The first-order valence-electron chi connectivity index (χ1n) is 7.78. The number of benzene rings is 1. The van der Waals surface area contributed by atoms with Crippen LogP contribution in [-0.4, -0.2) is 19.3 Å². The van der Waals surface area contributed by atoms with Gasteiger partial charge in [0, 0.05) is 6.61 Å². The molecule has 0 radical (unpaired) electrons. The average molecular weight is 297 g/mol. The highest BCUT2D eigenvalue weighted by Crippen LogP contribution is 2.43. The Bertz CT molecular complexity index is 470. The van der Waals surface area contributed by atoms with Crippen LogP contribution in [0.3, 0.4) is 0 Å². The highest BCUT2D eigenvalue weighted by Gasteiger charge is 2.42. The highest BCUT2D eigenvalue weighted by molar-refractivity contribution is 5.24. The molecular weight excluding hydrogens is 272 g/mol. The van der Waals surface area contributed by atoms with E-state index in [9.17, 15) is 8.78 Å². The summed E-state index contributed by atoms with van der Waals surface area (Å²) in [4.78, 5) is 0. The molecule has 1 aromatic carbocycles. The topological polar surface area (TPSA) is 21.3 Å². The van der Waals surface area contributed by atoms with Gasteiger partial charge in [-0.1, -0.05) is 13.0 Å². The average Bonchev–Trinajstić information content (AvgIpc) is 2.47. The molecule has 1 fully saturated rings. The summed E-state index contributed by atoms with van der Waals surface area (Å²) in [6.07, 6.45) is 4.07. The monoisotopic (exact) mass is 297 g/mol. The summed E-state index contributed by atoms with van der Waals surface area (Å²) >= 11 is 0. The van der Waals surface area contributed by atoms with Crippen molar-refractivity contribution >= 4 is 0 Å². The Morgan fingerprint density at radius 2 is 1.95 bits per heavy atom. The molecule has 0 bridgehead atoms. The Kier molecular flexibility index (Phi) is 5.33. The van der Waals surface area contributed by atoms with Gasteiger partial charge in [-0.3, -0.25) is 0 Å². The van der Waals surface area contributed by atoms with Gasteiger partial charge in [0.1, 0.15) is 0 Å². The van der Waals surface area contributed by atoms with Crippen molar-refractivity contribution in [2.75, 3.05) is 13.7 Å². The van der Waals surface area contributed by atoms with E-state index in [0.717, 1.165) is 31.2 Å². The predicted octanol–water partition coefficient (Wildman–Crippen LogP) is 4.21. The van der Waals surface area contributed by atoms with Gasteiger partial charge in [-0.05, 0) is 63.3 Å². The third-order valence-corrected chi connectivity index (χ3v) is 4.64. The molecule has 1 saturated carbocycles. The van der Waals surface area contributed by atoms with Crippen LogP contribution in [0.4, 0.5) is 8.78 Å². The molecule has 21 heavy (non-hydrogen) atoms. The Hall–Kier alpha value is -1.00. The fourth-order valence-corrected chi connectivity index (χ4v) is 3.48. The van der Waals surface area contributed by atoms with E-state index < -0.39 is 11.6 Å². The molecule has 1 unspecified atom stereocenters. The van der Waals surface area contributed by atoms with E-state index in [-0.39, 0.29) is 11.6 Å². The molecule has 1 atom stereocenters. The van der Waals surface area contributed by atoms with Crippen LogP contribution in [0.5, 0.6) is 0 Å². The molecule has 1 aliphatic rings. The molecular formula is C17H25F2NO. The second kappa shape index (κ2) is 6.84. The van der Waals surface area contributed by atoms with E-state index in [1.165, 1.54) is 12.1 Å². The van der Waals surface area contributed by atoms with Crippen molar-refractivity contribution in [3.05, 3.63) is 35.4 Å². The van der Waals surface area contributed by atoms with Crippen molar-refractivity contribution in [2.24, 2.45) is 5.92 Å². The molecule has 0 aliphatic heterocycles. The summed E-state index contributed by atoms with van der Waals surface area (Å²) < 4.78 is 32.9. The van der Waals surface area contributed by atoms with Gasteiger partial charge in [0.05, 0.1) is 11.6 Å². The number of nitrogens with one attached hydrogen (secondary N) is 1. The molecule has 4 heteroatoms. The van der Waals surface area contributed by atoms with E-state index in [4.69, 9.17) is 4.74 Å². The van der Waals surface area contributed by atoms with E-state index in [2.05, 4.69) is 12.2 Å². The van der Waals surface area contributed by atoms with E-state index in [1.807, 2.05) is 14.0 Å². The van der Waals surface area contributed by atoms with Crippen LogP contribution in [0.15, 0.2) is 18.2 Å². The van der Waals surface area contributed by atoms with Crippen molar-refractivity contribution in [3.8, 4) is 0 Å². The minimum Gasteiger partial charge on any atom is -0.373 e. The molecule has 1 aromatic rings. The van der Waals surface area contributed by atoms with E-state index in [1.54, 1.807) is 6.07 Å². The number of hydrogen-bond donors (Lipinski definition) is 1. The van der Waals surface area contributed by atoms with Gasteiger partial charge < -0.3 is 10.1 Å². The van der Waals surface area contributed by atoms with Crippen molar-refractivity contribution < 1.29 is 13.5 Å². The fourth-order valence-electron chi connectivity index (χ4n) is 3.48. The summed E-state index contributed by atoms with van der Waals surface area (Å²) in [6.45, 7) is 4.86. The van der Waals surface area contributed by atoms with Crippen molar-refractivity contribution in [1.82, 2.24) is 5.32 Å². The fraction of sp³-hybridized carbons (Fsp3) is 0.647. The number of halogens is 2. The lowest BCUT2D eigenvalue weighted by Crippen LogP contribution is -2.47. The van der Waals surface area contributed by atoms with Crippen LogP contribution >= 0.6 is 0 Å². The third-order valence-electron chi connectivity index (χ3n) is 4.64. The smallest absolute Gasteiger partial charge is 0.159 e. The Morgan fingerprint density at radius 3 is 2.48 bits per heavy atom. The zero-order valence-electron chi connectivity index (χ0n) is 13.1. The van der Waals surface area contributed by atoms with E-state index >= 15 is 0 Å². The summed E-state index contributed by atoms with van der Waals surface area (Å²) in [5.74, 6) is -0.916. The van der Waals surface area contributed by atoms with Gasteiger partial charge in [-0.25, -0.2) is 8.78 Å². The SMILES string of the molecule is CCOC1(C(NC)c2ccc(F)c(F)c2)CCC(C)CC1. The minimum absolute atomic E-state index is 0.125. The summed E-state index contributed by atoms with van der Waals surface area (Å²) in [5, 5.41) is 3.26. The van der Waals surface area contributed by atoms with Gasteiger partial charge in [-0.2, -0.15) is 0 Å². The lowest BCUT2D eigenvalue weighted by molar-refractivity contribution is -0.0962. The molecule has 2 rings (SSSR count). The molecule has 2 nitrogen and oxygen atoms in total. The molecule has 0 heterocycles. The standard InChI is InChI=1S/C17H25F2NO/c1-4-21-17(9-7-12(2)8-10-17)16(20-3)13-5-6-14(18)15(19)11-13/h5-6,11-12,16,20H,4,7-10H2,1-3H3. The highest BCUT2D eigenvalue weighted by atomic mass is 19.2. The van der Waals surface area contributed by atoms with Crippen LogP contribution in [-0.2, 0) is 4.74 Å². The largest absolute Gasteiger partial charge is 0.373 e. The van der Waals surface area contributed by atoms with Crippen molar-refractivity contribution in [3.63, 3.8) is 0 Å². The van der Waals surface area contributed by atoms with Gasteiger partial charge in [0.25, 0.3) is 0 Å². The van der Waals surface area contributed by atoms with Crippen LogP contribution in [0.25, 0.3) is 0 Å². The number of likely N-dealkylation sites (N-methyl/N-ethyl adjacent to an activating group) is 1. The maximum absolute atomic E-state index is 13.6. The minimum atomic E-state index is -0.809. The van der Waals surface area contributed by atoms with Crippen molar-refractivity contribution in [1.29, 1.82) is 0 Å². The normalized spacial score (nSPS) is 27.6. The zero-order chi connectivity index (χ0) is 15.5. The molecule has 0 saturated heterocycles. The molecule has 0 amide bonds. The summed E-state index contributed by atoms with van der Waals surface area (Å²) in [5.41, 5.74) is 0.416. The summed E-state index contributed by atoms with van der Waals surface area (Å²) in [6, 6.07) is 4.01. The van der Waals surface area contributed by atoms with Crippen LogP contribution in [0, 0.1) is 17.6 Å². The second-order valence-electron chi connectivity index (χ2n) is 6.08. The Labute approximate surface area is 125 Å². The van der Waals surface area contributed by atoms with Gasteiger partial charge in [0.2, 0.25) is 0 Å². The molecule has 1 N–H and O–H groups in total. The number of hydrogen-bond acceptors (Lipinski definition) is 2. The van der Waals surface area contributed by atoms with Crippen molar-refractivity contribution in [2.45, 2.75) is 51.2 Å². The molecule has 0 aromatic heterocycles. The maximum Gasteiger partial charge on any atom is 0.159 e. The maximum atomic E-state index is 13.6. The van der Waals surface area contributed by atoms with Crippen LogP contribution in [0.1, 0.15) is 51.1 Å².